The first kappa shape index (κ1) is 16.1. The first-order valence-corrected chi connectivity index (χ1v) is 8.28. The molecule has 0 fully saturated rings. The number of benzene rings is 2. The van der Waals surface area contributed by atoms with Crippen LogP contribution in [0.25, 0.3) is 12.2 Å². The molecule has 0 saturated heterocycles. The number of ether oxygens (including phenoxy) is 1. The van der Waals surface area contributed by atoms with Crippen LogP contribution in [0.3, 0.4) is 0 Å². The van der Waals surface area contributed by atoms with Crippen molar-refractivity contribution in [3.8, 4) is 5.75 Å². The van der Waals surface area contributed by atoms with Gasteiger partial charge < -0.3 is 4.74 Å². The lowest BCUT2D eigenvalue weighted by atomic mass is 10.1. The highest BCUT2D eigenvalue weighted by Gasteiger charge is 2.15. The molecule has 0 radical (unpaired) electrons. The predicted molar refractivity (Wildman–Crippen MR) is 95.1 cm³/mol. The lowest BCUT2D eigenvalue weighted by Crippen LogP contribution is -1.88. The second kappa shape index (κ2) is 7.67. The van der Waals surface area contributed by atoms with Crippen molar-refractivity contribution in [2.24, 2.45) is 0 Å². The molecule has 0 saturated carbocycles. The van der Waals surface area contributed by atoms with Crippen molar-refractivity contribution in [2.45, 2.75) is 20.3 Å². The smallest absolute Gasteiger partial charge is 0.129 e. The van der Waals surface area contributed by atoms with Crippen molar-refractivity contribution in [1.82, 2.24) is 0 Å². The van der Waals surface area contributed by atoms with Crippen molar-refractivity contribution in [2.75, 3.05) is 6.61 Å². The minimum absolute atomic E-state index is 0.754. The van der Waals surface area contributed by atoms with Crippen LogP contribution in [0.15, 0.2) is 40.9 Å². The SMILES string of the molecule is CC.Clc1ccc(/C=C/c2cc(Br)cc3c2OCC3)cc1. The predicted octanol–water partition coefficient (Wildman–Crippen LogP) is 6.23. The summed E-state index contributed by atoms with van der Waals surface area (Å²) in [6, 6.07) is 12.0. The molecule has 1 aliphatic heterocycles. The Morgan fingerprint density at radius 1 is 1.10 bits per heavy atom. The molecule has 0 bridgehead atoms. The molecule has 0 aromatic heterocycles. The Bertz CT molecular complexity index is 632. The van der Waals surface area contributed by atoms with E-state index in [1.807, 2.05) is 38.1 Å². The molecule has 110 valence electrons. The van der Waals surface area contributed by atoms with E-state index in [0.29, 0.717) is 0 Å². The average Bonchev–Trinajstić information content (AvgIpc) is 2.96. The minimum atomic E-state index is 0.754. The first-order valence-electron chi connectivity index (χ1n) is 7.11. The van der Waals surface area contributed by atoms with Gasteiger partial charge in [-0.1, -0.05) is 65.7 Å². The fourth-order valence-corrected chi connectivity index (χ4v) is 2.83. The van der Waals surface area contributed by atoms with Gasteiger partial charge in [-0.2, -0.15) is 0 Å². The zero-order chi connectivity index (χ0) is 15.2. The fraction of sp³-hybridized carbons (Fsp3) is 0.222. The molecule has 0 unspecified atom stereocenters. The zero-order valence-electron chi connectivity index (χ0n) is 12.2. The van der Waals surface area contributed by atoms with Gasteiger partial charge in [0.25, 0.3) is 0 Å². The minimum Gasteiger partial charge on any atom is -0.492 e. The van der Waals surface area contributed by atoms with E-state index in [4.69, 9.17) is 16.3 Å². The summed E-state index contributed by atoms with van der Waals surface area (Å²) in [5.74, 6) is 1.01. The molecule has 0 N–H and O–H groups in total. The van der Waals surface area contributed by atoms with Crippen molar-refractivity contribution in [3.05, 3.63) is 62.6 Å². The molecule has 1 nitrogen and oxygen atoms in total. The molecule has 0 aliphatic carbocycles. The molecule has 3 heteroatoms. The van der Waals surface area contributed by atoms with Gasteiger partial charge in [-0.05, 0) is 35.4 Å². The molecule has 0 amide bonds. The third-order valence-electron chi connectivity index (χ3n) is 3.10. The van der Waals surface area contributed by atoms with E-state index in [1.54, 1.807) is 0 Å². The van der Waals surface area contributed by atoms with Crippen molar-refractivity contribution in [3.63, 3.8) is 0 Å². The van der Waals surface area contributed by atoms with E-state index >= 15 is 0 Å². The number of hydrogen-bond acceptors (Lipinski definition) is 1. The maximum Gasteiger partial charge on any atom is 0.129 e. The normalized spacial score (nSPS) is 12.6. The summed E-state index contributed by atoms with van der Waals surface area (Å²) in [4.78, 5) is 0. The second-order valence-corrected chi connectivity index (χ2v) is 5.82. The fourth-order valence-electron chi connectivity index (χ4n) is 2.18. The van der Waals surface area contributed by atoms with Gasteiger partial charge in [0.2, 0.25) is 0 Å². The van der Waals surface area contributed by atoms with E-state index in [2.05, 4.69) is 40.2 Å². The molecule has 2 aromatic rings. The summed E-state index contributed by atoms with van der Waals surface area (Å²) in [6.07, 6.45) is 5.13. The van der Waals surface area contributed by atoms with Gasteiger partial charge in [-0.3, -0.25) is 0 Å². The van der Waals surface area contributed by atoms with Crippen LogP contribution in [-0.4, -0.2) is 6.61 Å². The first-order chi connectivity index (χ1) is 10.2. The number of halogens is 2. The Balaban J connectivity index is 0.000000774. The van der Waals surface area contributed by atoms with Crippen molar-refractivity contribution >= 4 is 39.7 Å². The molecule has 2 aromatic carbocycles. The Kier molecular flexibility index (Phi) is 5.89. The van der Waals surface area contributed by atoms with Crippen LogP contribution in [0.2, 0.25) is 5.02 Å². The molecule has 0 atom stereocenters. The molecule has 3 rings (SSSR count). The standard InChI is InChI=1S/C16H12BrClO.C2H6/c17-14-9-12(16-13(10-14)7-8-19-16)4-1-11-2-5-15(18)6-3-11;1-2/h1-6,9-10H,7-8H2;1-2H3/b4-1+;. The molecule has 1 heterocycles. The Morgan fingerprint density at radius 3 is 2.52 bits per heavy atom. The molecular formula is C18H18BrClO. The topological polar surface area (TPSA) is 9.23 Å². The largest absolute Gasteiger partial charge is 0.492 e. The van der Waals surface area contributed by atoms with E-state index in [0.717, 1.165) is 39.4 Å². The molecule has 0 spiro atoms. The van der Waals surface area contributed by atoms with Crippen LogP contribution in [0.5, 0.6) is 5.75 Å². The van der Waals surface area contributed by atoms with Crippen LogP contribution in [-0.2, 0) is 6.42 Å². The van der Waals surface area contributed by atoms with E-state index in [9.17, 15) is 0 Å². The second-order valence-electron chi connectivity index (χ2n) is 4.47. The van der Waals surface area contributed by atoms with E-state index < -0.39 is 0 Å². The van der Waals surface area contributed by atoms with E-state index in [1.165, 1.54) is 5.56 Å². The number of rotatable bonds is 2. The van der Waals surface area contributed by atoms with E-state index in [-0.39, 0.29) is 0 Å². The Labute approximate surface area is 139 Å². The van der Waals surface area contributed by atoms with Crippen LogP contribution in [0.4, 0.5) is 0 Å². The maximum atomic E-state index is 5.88. The number of fused-ring (bicyclic) bond motifs is 1. The molecule has 21 heavy (non-hydrogen) atoms. The summed E-state index contributed by atoms with van der Waals surface area (Å²) < 4.78 is 6.79. The van der Waals surface area contributed by atoms with Gasteiger partial charge in [-0.15, -0.1) is 0 Å². The van der Waals surface area contributed by atoms with Crippen molar-refractivity contribution < 1.29 is 4.74 Å². The van der Waals surface area contributed by atoms with Gasteiger partial charge in [0, 0.05) is 21.5 Å². The highest BCUT2D eigenvalue weighted by Crippen LogP contribution is 2.34. The summed E-state index contributed by atoms with van der Waals surface area (Å²) >= 11 is 9.42. The van der Waals surface area contributed by atoms with Gasteiger partial charge >= 0.3 is 0 Å². The highest BCUT2D eigenvalue weighted by atomic mass is 79.9. The van der Waals surface area contributed by atoms with Gasteiger partial charge in [0.15, 0.2) is 0 Å². The maximum absolute atomic E-state index is 5.88. The molecular weight excluding hydrogens is 348 g/mol. The average molecular weight is 366 g/mol. The zero-order valence-corrected chi connectivity index (χ0v) is 14.5. The summed E-state index contributed by atoms with van der Waals surface area (Å²) in [7, 11) is 0. The van der Waals surface area contributed by atoms with Crippen LogP contribution in [0.1, 0.15) is 30.5 Å². The van der Waals surface area contributed by atoms with Crippen LogP contribution < -0.4 is 4.74 Å². The van der Waals surface area contributed by atoms with Gasteiger partial charge in [0.05, 0.1) is 6.61 Å². The monoisotopic (exact) mass is 364 g/mol. The van der Waals surface area contributed by atoms with Crippen molar-refractivity contribution in [1.29, 1.82) is 0 Å². The number of hydrogen-bond donors (Lipinski definition) is 0. The lowest BCUT2D eigenvalue weighted by Gasteiger charge is -2.05. The highest BCUT2D eigenvalue weighted by molar-refractivity contribution is 9.10. The lowest BCUT2D eigenvalue weighted by molar-refractivity contribution is 0.356. The molecule has 1 aliphatic rings. The van der Waals surface area contributed by atoms with Crippen LogP contribution in [0, 0.1) is 0 Å². The Hall–Kier alpha value is -1.25. The Morgan fingerprint density at radius 2 is 1.81 bits per heavy atom. The third kappa shape index (κ3) is 4.12. The third-order valence-corrected chi connectivity index (χ3v) is 3.81. The van der Waals surface area contributed by atoms with Gasteiger partial charge in [0.1, 0.15) is 5.75 Å². The summed E-state index contributed by atoms with van der Waals surface area (Å²) in [5.41, 5.74) is 3.50. The summed E-state index contributed by atoms with van der Waals surface area (Å²) in [6.45, 7) is 4.77. The van der Waals surface area contributed by atoms with Crippen LogP contribution >= 0.6 is 27.5 Å². The summed E-state index contributed by atoms with van der Waals surface area (Å²) in [5, 5.41) is 0.754. The van der Waals surface area contributed by atoms with Gasteiger partial charge in [-0.25, -0.2) is 0 Å². The quantitative estimate of drug-likeness (QED) is 0.573.